The molecule has 0 aromatic carbocycles. The molecule has 1 heterocycles. The molecule has 2 aliphatic rings. The van der Waals surface area contributed by atoms with E-state index in [1.807, 2.05) is 18.9 Å². The van der Waals surface area contributed by atoms with Crippen molar-refractivity contribution in [2.45, 2.75) is 58.3 Å². The van der Waals surface area contributed by atoms with Crippen LogP contribution in [0.4, 0.5) is 0 Å². The molecule has 3 atom stereocenters. The number of hydrogen-bond acceptors (Lipinski definition) is 4. The second-order valence-electron chi connectivity index (χ2n) is 6.15. The molecular formula is C16H31ClN2O3. The van der Waals surface area contributed by atoms with E-state index in [1.165, 1.54) is 0 Å². The van der Waals surface area contributed by atoms with Gasteiger partial charge in [0.2, 0.25) is 0 Å². The third-order valence-electron chi connectivity index (χ3n) is 5.44. The zero-order valence-corrected chi connectivity index (χ0v) is 15.1. The first kappa shape index (κ1) is 19.7. The van der Waals surface area contributed by atoms with E-state index < -0.39 is 0 Å². The first-order valence-electron chi connectivity index (χ1n) is 8.31. The van der Waals surface area contributed by atoms with E-state index in [0.29, 0.717) is 13.2 Å². The highest BCUT2D eigenvalue weighted by atomic mass is 35.5. The maximum Gasteiger partial charge on any atom is 0.253 e. The van der Waals surface area contributed by atoms with Crippen molar-refractivity contribution in [3.05, 3.63) is 0 Å². The van der Waals surface area contributed by atoms with Gasteiger partial charge in [-0.05, 0) is 26.2 Å². The van der Waals surface area contributed by atoms with E-state index in [1.54, 1.807) is 0 Å². The van der Waals surface area contributed by atoms with Crippen LogP contribution in [0.1, 0.15) is 40.0 Å². The molecule has 1 aliphatic carbocycles. The normalized spacial score (nSPS) is 30.1. The van der Waals surface area contributed by atoms with Gasteiger partial charge in [0.25, 0.3) is 5.91 Å². The summed E-state index contributed by atoms with van der Waals surface area (Å²) >= 11 is 0. The minimum Gasteiger partial charge on any atom is -0.378 e. The Morgan fingerprint density at radius 2 is 2.05 bits per heavy atom. The molecule has 1 amide bonds. The number of carbonyl (C=O) groups excluding carboxylic acids is 1. The van der Waals surface area contributed by atoms with Crippen LogP contribution in [0.15, 0.2) is 0 Å². The number of rotatable bonds is 6. The monoisotopic (exact) mass is 334 g/mol. The van der Waals surface area contributed by atoms with E-state index in [9.17, 15) is 4.79 Å². The van der Waals surface area contributed by atoms with Crippen molar-refractivity contribution in [2.75, 3.05) is 33.4 Å². The Balaban J connectivity index is 0.00000242. The zero-order chi connectivity index (χ0) is 15.5. The lowest BCUT2D eigenvalue weighted by molar-refractivity contribution is -0.183. The van der Waals surface area contributed by atoms with Crippen molar-refractivity contribution >= 4 is 18.3 Å². The Morgan fingerprint density at radius 3 is 2.55 bits per heavy atom. The number of nitrogens with one attached hydrogen (secondary N) is 1. The number of amides is 1. The molecule has 5 nitrogen and oxygen atoms in total. The van der Waals surface area contributed by atoms with Gasteiger partial charge in [-0.3, -0.25) is 4.79 Å². The van der Waals surface area contributed by atoms with Crippen molar-refractivity contribution in [1.29, 1.82) is 0 Å². The Bertz CT molecular complexity index is 357. The fourth-order valence-corrected chi connectivity index (χ4v) is 3.99. The molecule has 0 aromatic heterocycles. The molecule has 1 N–H and O–H groups in total. The van der Waals surface area contributed by atoms with Crippen LogP contribution in [0, 0.1) is 5.41 Å². The summed E-state index contributed by atoms with van der Waals surface area (Å²) < 4.78 is 11.5. The molecule has 1 aliphatic heterocycles. The number of ether oxygens (including phenoxy) is 2. The topological polar surface area (TPSA) is 50.8 Å². The van der Waals surface area contributed by atoms with Crippen molar-refractivity contribution in [3.63, 3.8) is 0 Å². The van der Waals surface area contributed by atoms with Crippen molar-refractivity contribution < 1.29 is 14.3 Å². The SMILES string of the molecule is CCOC1CC(N(C)C(=O)C2CNCCO2)C1(CC)CC.Cl. The molecule has 1 saturated heterocycles. The van der Waals surface area contributed by atoms with Gasteiger partial charge in [-0.2, -0.15) is 0 Å². The minimum atomic E-state index is -0.332. The summed E-state index contributed by atoms with van der Waals surface area (Å²) in [6.07, 6.45) is 2.97. The maximum absolute atomic E-state index is 12.6. The van der Waals surface area contributed by atoms with E-state index in [-0.39, 0.29) is 42.0 Å². The molecule has 0 aromatic rings. The Hall–Kier alpha value is -0.360. The summed E-state index contributed by atoms with van der Waals surface area (Å²) in [6, 6.07) is 0.266. The number of halogens is 1. The largest absolute Gasteiger partial charge is 0.378 e. The van der Waals surface area contributed by atoms with Gasteiger partial charge in [0.15, 0.2) is 0 Å². The Labute approximate surface area is 140 Å². The smallest absolute Gasteiger partial charge is 0.253 e. The maximum atomic E-state index is 12.6. The fourth-order valence-electron chi connectivity index (χ4n) is 3.99. The van der Waals surface area contributed by atoms with Crippen LogP contribution in [-0.2, 0) is 14.3 Å². The van der Waals surface area contributed by atoms with E-state index >= 15 is 0 Å². The summed E-state index contributed by atoms with van der Waals surface area (Å²) in [7, 11) is 1.92. The number of nitrogens with zero attached hydrogens (tertiary/aromatic N) is 1. The number of carbonyl (C=O) groups is 1. The van der Waals surface area contributed by atoms with Gasteiger partial charge >= 0.3 is 0 Å². The zero-order valence-electron chi connectivity index (χ0n) is 14.3. The molecule has 3 unspecified atom stereocenters. The Morgan fingerprint density at radius 1 is 1.36 bits per heavy atom. The average Bonchev–Trinajstić information content (AvgIpc) is 2.52. The summed E-state index contributed by atoms with van der Waals surface area (Å²) in [5.41, 5.74) is 0.0997. The van der Waals surface area contributed by atoms with E-state index in [2.05, 4.69) is 19.2 Å². The molecule has 130 valence electrons. The molecule has 2 fully saturated rings. The lowest BCUT2D eigenvalue weighted by Gasteiger charge is -2.58. The predicted molar refractivity (Wildman–Crippen MR) is 89.5 cm³/mol. The van der Waals surface area contributed by atoms with Crippen LogP contribution in [0.3, 0.4) is 0 Å². The average molecular weight is 335 g/mol. The van der Waals surface area contributed by atoms with Gasteiger partial charge in [-0.25, -0.2) is 0 Å². The molecule has 0 spiro atoms. The molecule has 2 rings (SSSR count). The standard InChI is InChI=1S/C16H30N2O3.ClH/c1-5-16(6-2)13(10-14(16)20-7-3)18(4)15(19)12-11-17-8-9-21-12;/h12-14,17H,5-11H2,1-4H3;1H. The summed E-state index contributed by atoms with van der Waals surface area (Å²) in [4.78, 5) is 14.6. The fraction of sp³-hybridized carbons (Fsp3) is 0.938. The van der Waals surface area contributed by atoms with Gasteiger partial charge in [0.05, 0.1) is 12.7 Å². The van der Waals surface area contributed by atoms with Crippen LogP contribution < -0.4 is 5.32 Å². The van der Waals surface area contributed by atoms with Gasteiger partial charge in [0, 0.05) is 38.2 Å². The van der Waals surface area contributed by atoms with Crippen LogP contribution >= 0.6 is 12.4 Å². The second-order valence-corrected chi connectivity index (χ2v) is 6.15. The third kappa shape index (κ3) is 3.42. The lowest BCUT2D eigenvalue weighted by atomic mass is 9.58. The summed E-state index contributed by atoms with van der Waals surface area (Å²) in [6.45, 7) is 9.26. The number of morpholine rings is 1. The van der Waals surface area contributed by atoms with Gasteiger partial charge in [-0.1, -0.05) is 13.8 Å². The molecular weight excluding hydrogens is 304 g/mol. The highest BCUT2D eigenvalue weighted by Crippen LogP contribution is 2.51. The molecule has 1 saturated carbocycles. The number of likely N-dealkylation sites (N-methyl/N-ethyl adjacent to an activating group) is 1. The van der Waals surface area contributed by atoms with Crippen molar-refractivity contribution in [3.8, 4) is 0 Å². The van der Waals surface area contributed by atoms with Crippen LogP contribution in [0.2, 0.25) is 0 Å². The van der Waals surface area contributed by atoms with Crippen LogP contribution in [0.5, 0.6) is 0 Å². The van der Waals surface area contributed by atoms with Gasteiger partial charge in [0.1, 0.15) is 6.10 Å². The van der Waals surface area contributed by atoms with Gasteiger partial charge in [-0.15, -0.1) is 12.4 Å². The highest BCUT2D eigenvalue weighted by molar-refractivity contribution is 5.85. The molecule has 0 bridgehead atoms. The van der Waals surface area contributed by atoms with E-state index in [4.69, 9.17) is 9.47 Å². The van der Waals surface area contributed by atoms with Gasteiger partial charge < -0.3 is 19.7 Å². The second kappa shape index (κ2) is 8.48. The molecule has 22 heavy (non-hydrogen) atoms. The summed E-state index contributed by atoms with van der Waals surface area (Å²) in [5, 5.41) is 3.23. The van der Waals surface area contributed by atoms with E-state index in [0.717, 1.165) is 32.4 Å². The first-order valence-corrected chi connectivity index (χ1v) is 8.31. The van der Waals surface area contributed by atoms with Crippen molar-refractivity contribution in [2.24, 2.45) is 5.41 Å². The predicted octanol–water partition coefficient (Wildman–Crippen LogP) is 1.84. The third-order valence-corrected chi connectivity index (χ3v) is 5.44. The first-order chi connectivity index (χ1) is 10.1. The molecule has 6 heteroatoms. The summed E-state index contributed by atoms with van der Waals surface area (Å²) in [5.74, 6) is 0.105. The van der Waals surface area contributed by atoms with Crippen LogP contribution in [0.25, 0.3) is 0 Å². The lowest BCUT2D eigenvalue weighted by Crippen LogP contribution is -2.66. The molecule has 0 radical (unpaired) electrons. The van der Waals surface area contributed by atoms with Crippen molar-refractivity contribution in [1.82, 2.24) is 10.2 Å². The quantitative estimate of drug-likeness (QED) is 0.805. The Kier molecular flexibility index (Phi) is 7.59. The highest BCUT2D eigenvalue weighted by Gasteiger charge is 2.56. The minimum absolute atomic E-state index is 0. The number of hydrogen-bond donors (Lipinski definition) is 1. The van der Waals surface area contributed by atoms with Crippen LogP contribution in [-0.4, -0.2) is 62.4 Å².